The summed E-state index contributed by atoms with van der Waals surface area (Å²) >= 11 is 8.98. The van der Waals surface area contributed by atoms with Gasteiger partial charge in [0.2, 0.25) is 0 Å². The van der Waals surface area contributed by atoms with Crippen molar-refractivity contribution in [2.45, 2.75) is 6.61 Å². The molecular formula is C13H9BrClNO3. The van der Waals surface area contributed by atoms with Gasteiger partial charge in [-0.3, -0.25) is 10.1 Å². The Bertz CT molecular complexity index is 619. The maximum Gasteiger partial charge on any atom is 0.283 e. The average Bonchev–Trinajstić information content (AvgIpc) is 2.37. The molecule has 2 aromatic carbocycles. The predicted octanol–water partition coefficient (Wildman–Crippen LogP) is 4.59. The zero-order chi connectivity index (χ0) is 13.8. The highest BCUT2D eigenvalue weighted by molar-refractivity contribution is 9.10. The normalized spacial score (nSPS) is 10.2. The lowest BCUT2D eigenvalue weighted by Gasteiger charge is -2.07. The molecule has 0 aliphatic rings. The number of nitro groups is 1. The van der Waals surface area contributed by atoms with Gasteiger partial charge in [-0.15, -0.1) is 0 Å². The molecule has 0 saturated carbocycles. The summed E-state index contributed by atoms with van der Waals surface area (Å²) in [4.78, 5) is 10.4. The van der Waals surface area contributed by atoms with Crippen molar-refractivity contribution in [2.75, 3.05) is 0 Å². The molecular weight excluding hydrogens is 334 g/mol. The van der Waals surface area contributed by atoms with Crippen molar-refractivity contribution in [1.29, 1.82) is 0 Å². The van der Waals surface area contributed by atoms with E-state index < -0.39 is 4.92 Å². The van der Waals surface area contributed by atoms with Crippen molar-refractivity contribution >= 4 is 33.2 Å². The number of hydrogen-bond acceptors (Lipinski definition) is 3. The average molecular weight is 343 g/mol. The Labute approximate surface area is 123 Å². The SMILES string of the molecule is O=[N+]([O-])c1cc(COc2cccc(Cl)c2)ccc1Br. The second-order valence-corrected chi connectivity index (χ2v) is 5.08. The number of ether oxygens (including phenoxy) is 1. The molecule has 2 rings (SSSR count). The van der Waals surface area contributed by atoms with Crippen LogP contribution in [0.25, 0.3) is 0 Å². The Hall–Kier alpha value is -1.59. The Morgan fingerprint density at radius 3 is 2.74 bits per heavy atom. The molecule has 0 fully saturated rings. The maximum absolute atomic E-state index is 10.8. The summed E-state index contributed by atoms with van der Waals surface area (Å²) in [5, 5.41) is 11.4. The van der Waals surface area contributed by atoms with Crippen LogP contribution in [-0.4, -0.2) is 4.92 Å². The zero-order valence-electron chi connectivity index (χ0n) is 9.68. The molecule has 19 heavy (non-hydrogen) atoms. The fourth-order valence-electron chi connectivity index (χ4n) is 1.51. The van der Waals surface area contributed by atoms with E-state index in [4.69, 9.17) is 16.3 Å². The van der Waals surface area contributed by atoms with E-state index in [-0.39, 0.29) is 12.3 Å². The standard InChI is InChI=1S/C13H9BrClNO3/c14-12-5-4-9(6-13(12)16(17)18)8-19-11-3-1-2-10(15)7-11/h1-7H,8H2. The molecule has 2 aromatic rings. The molecule has 0 aliphatic heterocycles. The summed E-state index contributed by atoms with van der Waals surface area (Å²) in [5.41, 5.74) is 0.738. The lowest BCUT2D eigenvalue weighted by atomic mass is 10.2. The van der Waals surface area contributed by atoms with Crippen molar-refractivity contribution in [1.82, 2.24) is 0 Å². The lowest BCUT2D eigenvalue weighted by molar-refractivity contribution is -0.385. The Morgan fingerprint density at radius 1 is 1.26 bits per heavy atom. The molecule has 6 heteroatoms. The van der Waals surface area contributed by atoms with Crippen LogP contribution >= 0.6 is 27.5 Å². The van der Waals surface area contributed by atoms with E-state index in [1.165, 1.54) is 6.07 Å². The second-order valence-electron chi connectivity index (χ2n) is 3.79. The van der Waals surface area contributed by atoms with Gasteiger partial charge in [-0.25, -0.2) is 0 Å². The van der Waals surface area contributed by atoms with Crippen LogP contribution < -0.4 is 4.74 Å². The third-order valence-corrected chi connectivity index (χ3v) is 3.31. The quantitative estimate of drug-likeness (QED) is 0.603. The summed E-state index contributed by atoms with van der Waals surface area (Å²) in [5.74, 6) is 0.623. The largest absolute Gasteiger partial charge is 0.489 e. The van der Waals surface area contributed by atoms with Crippen LogP contribution in [0.4, 0.5) is 5.69 Å². The maximum atomic E-state index is 10.8. The molecule has 0 spiro atoms. The summed E-state index contributed by atoms with van der Waals surface area (Å²) < 4.78 is 5.97. The topological polar surface area (TPSA) is 52.4 Å². The second kappa shape index (κ2) is 6.04. The molecule has 0 saturated heterocycles. The van der Waals surface area contributed by atoms with Crippen LogP contribution in [0.2, 0.25) is 5.02 Å². The molecule has 0 atom stereocenters. The van der Waals surface area contributed by atoms with E-state index in [1.807, 2.05) is 0 Å². The number of hydrogen-bond donors (Lipinski definition) is 0. The van der Waals surface area contributed by atoms with Crippen molar-refractivity contribution in [3.05, 3.63) is 67.6 Å². The van der Waals surface area contributed by atoms with Gasteiger partial charge in [0, 0.05) is 11.1 Å². The van der Waals surface area contributed by atoms with Crippen LogP contribution in [0, 0.1) is 10.1 Å². The van der Waals surface area contributed by atoms with Crippen LogP contribution in [0.3, 0.4) is 0 Å². The minimum atomic E-state index is -0.438. The molecule has 0 aliphatic carbocycles. The first-order valence-corrected chi connectivity index (χ1v) is 6.54. The summed E-state index contributed by atoms with van der Waals surface area (Å²) in [6, 6.07) is 11.9. The molecule has 0 bridgehead atoms. The van der Waals surface area contributed by atoms with Crippen molar-refractivity contribution in [2.24, 2.45) is 0 Å². The smallest absolute Gasteiger partial charge is 0.283 e. The first-order valence-electron chi connectivity index (χ1n) is 5.37. The van der Waals surface area contributed by atoms with E-state index in [1.54, 1.807) is 36.4 Å². The third-order valence-electron chi connectivity index (χ3n) is 2.41. The van der Waals surface area contributed by atoms with E-state index in [0.717, 1.165) is 5.56 Å². The molecule has 4 nitrogen and oxygen atoms in total. The molecule has 0 heterocycles. The third kappa shape index (κ3) is 3.68. The number of rotatable bonds is 4. The molecule has 0 N–H and O–H groups in total. The number of nitrogens with zero attached hydrogens (tertiary/aromatic N) is 1. The van der Waals surface area contributed by atoms with Gasteiger partial charge in [0.05, 0.1) is 9.40 Å². The van der Waals surface area contributed by atoms with Gasteiger partial charge in [0.25, 0.3) is 5.69 Å². The molecule has 98 valence electrons. The monoisotopic (exact) mass is 341 g/mol. The number of benzene rings is 2. The molecule has 0 aromatic heterocycles. The van der Waals surface area contributed by atoms with E-state index in [0.29, 0.717) is 15.2 Å². The van der Waals surface area contributed by atoms with Gasteiger partial charge in [-0.1, -0.05) is 23.7 Å². The molecule has 0 radical (unpaired) electrons. The van der Waals surface area contributed by atoms with Crippen molar-refractivity contribution < 1.29 is 9.66 Å². The zero-order valence-corrected chi connectivity index (χ0v) is 12.0. The highest BCUT2D eigenvalue weighted by atomic mass is 79.9. The first-order chi connectivity index (χ1) is 9.06. The van der Waals surface area contributed by atoms with Crippen LogP contribution in [0.1, 0.15) is 5.56 Å². The number of halogens is 2. The first kappa shape index (κ1) is 13.8. The Kier molecular flexibility index (Phi) is 4.39. The van der Waals surface area contributed by atoms with Gasteiger partial charge in [0.1, 0.15) is 12.4 Å². The van der Waals surface area contributed by atoms with Crippen LogP contribution in [0.15, 0.2) is 46.9 Å². The minimum Gasteiger partial charge on any atom is -0.489 e. The number of nitro benzene ring substituents is 1. The minimum absolute atomic E-state index is 0.0206. The highest BCUT2D eigenvalue weighted by Crippen LogP contribution is 2.26. The van der Waals surface area contributed by atoms with E-state index in [2.05, 4.69) is 15.9 Å². The van der Waals surface area contributed by atoms with Crippen molar-refractivity contribution in [3.8, 4) is 5.75 Å². The Balaban J connectivity index is 2.12. The summed E-state index contributed by atoms with van der Waals surface area (Å²) in [6.45, 7) is 0.245. The Morgan fingerprint density at radius 2 is 2.05 bits per heavy atom. The lowest BCUT2D eigenvalue weighted by Crippen LogP contribution is -1.97. The van der Waals surface area contributed by atoms with E-state index in [9.17, 15) is 10.1 Å². The van der Waals surface area contributed by atoms with Gasteiger partial charge < -0.3 is 4.74 Å². The molecule has 0 amide bonds. The molecule has 0 unspecified atom stereocenters. The van der Waals surface area contributed by atoms with Gasteiger partial charge in [-0.05, 0) is 45.8 Å². The predicted molar refractivity (Wildman–Crippen MR) is 76.6 cm³/mol. The van der Waals surface area contributed by atoms with Gasteiger partial charge in [-0.2, -0.15) is 0 Å². The van der Waals surface area contributed by atoms with Crippen molar-refractivity contribution in [3.63, 3.8) is 0 Å². The summed E-state index contributed by atoms with van der Waals surface area (Å²) in [6.07, 6.45) is 0. The fraction of sp³-hybridized carbons (Fsp3) is 0.0769. The van der Waals surface area contributed by atoms with Gasteiger partial charge in [0.15, 0.2) is 0 Å². The van der Waals surface area contributed by atoms with E-state index >= 15 is 0 Å². The van der Waals surface area contributed by atoms with Crippen LogP contribution in [0.5, 0.6) is 5.75 Å². The van der Waals surface area contributed by atoms with Gasteiger partial charge >= 0.3 is 0 Å². The fourth-order valence-corrected chi connectivity index (χ4v) is 2.08. The van der Waals surface area contributed by atoms with Crippen LogP contribution in [-0.2, 0) is 6.61 Å². The highest BCUT2D eigenvalue weighted by Gasteiger charge is 2.12. The summed E-state index contributed by atoms with van der Waals surface area (Å²) in [7, 11) is 0.